The average molecular weight is 453 g/mol. The molecule has 2 aromatic carbocycles. The number of oxazole rings is 1. The molecule has 32 heavy (non-hydrogen) atoms. The number of aryl methyl sites for hydroxylation is 2. The lowest BCUT2D eigenvalue weighted by Gasteiger charge is -2.07. The summed E-state index contributed by atoms with van der Waals surface area (Å²) in [5, 5.41) is 2.98. The van der Waals surface area contributed by atoms with Gasteiger partial charge in [0, 0.05) is 31.0 Å². The third-order valence-corrected chi connectivity index (χ3v) is 6.64. The van der Waals surface area contributed by atoms with E-state index in [0.29, 0.717) is 17.9 Å². The molecule has 0 radical (unpaired) electrons. The van der Waals surface area contributed by atoms with E-state index in [2.05, 4.69) is 15.3 Å². The zero-order chi connectivity index (χ0) is 22.6. The Morgan fingerprint density at radius 2 is 1.84 bits per heavy atom. The molecule has 2 aromatic heterocycles. The largest absolute Gasteiger partial charge is 0.497 e. The van der Waals surface area contributed by atoms with Gasteiger partial charge in [0.15, 0.2) is 0 Å². The van der Waals surface area contributed by atoms with Crippen LogP contribution in [0.3, 0.4) is 0 Å². The van der Waals surface area contributed by atoms with Crippen LogP contribution in [0.1, 0.15) is 12.0 Å². The molecule has 4 rings (SSSR count). The number of hydrogen-bond donors (Lipinski definition) is 1. The van der Waals surface area contributed by atoms with Crippen molar-refractivity contribution in [1.82, 2.24) is 14.5 Å². The molecule has 0 aliphatic carbocycles. The molecular weight excluding hydrogens is 428 g/mol. The summed E-state index contributed by atoms with van der Waals surface area (Å²) >= 11 is 0. The maximum Gasteiger partial charge on any atom is 0.233 e. The minimum Gasteiger partial charge on any atom is -0.497 e. The van der Waals surface area contributed by atoms with Gasteiger partial charge in [-0.25, -0.2) is 13.4 Å². The smallest absolute Gasteiger partial charge is 0.233 e. The lowest BCUT2D eigenvalue weighted by molar-refractivity contribution is 0.415. The first kappa shape index (κ1) is 21.6. The van der Waals surface area contributed by atoms with Crippen LogP contribution in [0.2, 0.25) is 0 Å². The molecule has 166 valence electrons. The molecule has 0 unspecified atom stereocenters. The number of methoxy groups -OCH3 is 1. The van der Waals surface area contributed by atoms with Crippen LogP contribution in [0.5, 0.6) is 5.75 Å². The number of nitrogens with zero attached hydrogens (tertiary/aromatic N) is 3. The first-order valence-corrected chi connectivity index (χ1v) is 11.6. The van der Waals surface area contributed by atoms with Crippen LogP contribution in [0.15, 0.2) is 81.6 Å². The van der Waals surface area contributed by atoms with Gasteiger partial charge in [-0.3, -0.25) is 0 Å². The number of aromatic nitrogens is 3. The van der Waals surface area contributed by atoms with Crippen LogP contribution >= 0.6 is 0 Å². The van der Waals surface area contributed by atoms with Gasteiger partial charge < -0.3 is 19.0 Å². The van der Waals surface area contributed by atoms with E-state index in [4.69, 9.17) is 9.15 Å². The SMILES string of the molecule is COc1ccc(-c2nc(S(=O)(=O)c3ccc(C)cc3)c(NCCCn3ccnc3)o2)cc1. The second kappa shape index (κ2) is 9.27. The van der Waals surface area contributed by atoms with Crippen LogP contribution in [-0.4, -0.2) is 36.6 Å². The molecule has 0 aliphatic rings. The number of benzene rings is 2. The monoisotopic (exact) mass is 452 g/mol. The van der Waals surface area contributed by atoms with Crippen molar-refractivity contribution >= 4 is 15.7 Å². The highest BCUT2D eigenvalue weighted by Crippen LogP contribution is 2.33. The summed E-state index contributed by atoms with van der Waals surface area (Å²) < 4.78 is 39.7. The second-order valence-electron chi connectivity index (χ2n) is 7.28. The van der Waals surface area contributed by atoms with Gasteiger partial charge in [-0.1, -0.05) is 17.7 Å². The minimum absolute atomic E-state index is 0.127. The lowest BCUT2D eigenvalue weighted by atomic mass is 10.2. The molecule has 1 N–H and O–H groups in total. The maximum absolute atomic E-state index is 13.3. The van der Waals surface area contributed by atoms with Crippen LogP contribution in [-0.2, 0) is 16.4 Å². The van der Waals surface area contributed by atoms with Crippen molar-refractivity contribution in [2.75, 3.05) is 19.0 Å². The summed E-state index contributed by atoms with van der Waals surface area (Å²) in [6.07, 6.45) is 6.09. The lowest BCUT2D eigenvalue weighted by Crippen LogP contribution is -2.10. The van der Waals surface area contributed by atoms with Gasteiger partial charge in [0.25, 0.3) is 0 Å². The minimum atomic E-state index is -3.87. The fraction of sp³-hybridized carbons (Fsp3) is 0.217. The molecule has 0 saturated carbocycles. The Hall–Kier alpha value is -3.59. The second-order valence-corrected chi connectivity index (χ2v) is 9.14. The van der Waals surface area contributed by atoms with Crippen molar-refractivity contribution < 1.29 is 17.6 Å². The molecule has 0 bridgehead atoms. The molecule has 0 atom stereocenters. The molecule has 0 spiro atoms. The summed E-state index contributed by atoms with van der Waals surface area (Å²) in [5.74, 6) is 1.03. The zero-order valence-electron chi connectivity index (χ0n) is 17.9. The summed E-state index contributed by atoms with van der Waals surface area (Å²) in [5.41, 5.74) is 1.62. The fourth-order valence-electron chi connectivity index (χ4n) is 3.17. The summed E-state index contributed by atoms with van der Waals surface area (Å²) in [6.45, 7) is 3.15. The predicted octanol–water partition coefficient (Wildman–Crippen LogP) is 4.19. The molecule has 0 fully saturated rings. The Kier molecular flexibility index (Phi) is 6.27. The van der Waals surface area contributed by atoms with E-state index in [0.717, 1.165) is 18.5 Å². The number of sulfone groups is 1. The van der Waals surface area contributed by atoms with Crippen LogP contribution < -0.4 is 10.1 Å². The fourth-order valence-corrected chi connectivity index (χ4v) is 4.45. The standard InChI is InChI=1S/C23H24N4O4S/c1-17-4-10-20(11-5-17)32(28,29)23-22(25-12-3-14-27-15-13-24-16-27)31-21(26-23)18-6-8-19(30-2)9-7-18/h4-11,13,15-16,25H,3,12,14H2,1-2H3. The van der Waals surface area contributed by atoms with Gasteiger partial charge in [-0.15, -0.1) is 0 Å². The first-order chi connectivity index (χ1) is 15.5. The Morgan fingerprint density at radius 1 is 1.09 bits per heavy atom. The van der Waals surface area contributed by atoms with Crippen LogP contribution in [0.25, 0.3) is 11.5 Å². The van der Waals surface area contributed by atoms with Crippen molar-refractivity contribution in [3.05, 3.63) is 72.8 Å². The molecule has 0 amide bonds. The van der Waals surface area contributed by atoms with Crippen LogP contribution in [0.4, 0.5) is 5.88 Å². The van der Waals surface area contributed by atoms with Crippen molar-refractivity contribution in [3.63, 3.8) is 0 Å². The summed E-state index contributed by atoms with van der Waals surface area (Å²) in [7, 11) is -2.29. The highest BCUT2D eigenvalue weighted by molar-refractivity contribution is 7.91. The van der Waals surface area contributed by atoms with Gasteiger partial charge in [-0.2, -0.15) is 4.98 Å². The molecular formula is C23H24N4O4S. The Bertz CT molecular complexity index is 1260. The Labute approximate surface area is 186 Å². The highest BCUT2D eigenvalue weighted by atomic mass is 32.2. The van der Waals surface area contributed by atoms with Crippen molar-refractivity contribution in [2.24, 2.45) is 0 Å². The van der Waals surface area contributed by atoms with Gasteiger partial charge in [0.2, 0.25) is 26.6 Å². The number of nitrogens with one attached hydrogen (secondary N) is 1. The number of ether oxygens (including phenoxy) is 1. The van der Waals surface area contributed by atoms with Gasteiger partial charge >= 0.3 is 0 Å². The van der Waals surface area contributed by atoms with Crippen LogP contribution in [0, 0.1) is 6.92 Å². The number of anilines is 1. The van der Waals surface area contributed by atoms with Crippen molar-refractivity contribution in [1.29, 1.82) is 0 Å². The molecule has 9 heteroatoms. The third-order valence-electron chi connectivity index (χ3n) is 4.96. The number of hydrogen-bond acceptors (Lipinski definition) is 7. The van der Waals surface area contributed by atoms with E-state index >= 15 is 0 Å². The van der Waals surface area contributed by atoms with Gasteiger partial charge in [0.1, 0.15) is 5.75 Å². The predicted molar refractivity (Wildman–Crippen MR) is 120 cm³/mol. The first-order valence-electron chi connectivity index (χ1n) is 10.1. The maximum atomic E-state index is 13.3. The van der Waals surface area contributed by atoms with E-state index < -0.39 is 9.84 Å². The average Bonchev–Trinajstić information content (AvgIpc) is 3.47. The highest BCUT2D eigenvalue weighted by Gasteiger charge is 2.28. The van der Waals surface area contributed by atoms with Gasteiger partial charge in [-0.05, 0) is 49.7 Å². The number of rotatable bonds is 9. The topological polar surface area (TPSA) is 99.2 Å². The quantitative estimate of drug-likeness (QED) is 0.380. The van der Waals surface area contributed by atoms with Gasteiger partial charge in [0.05, 0.1) is 18.3 Å². The third kappa shape index (κ3) is 4.67. The van der Waals surface area contributed by atoms with E-state index in [-0.39, 0.29) is 21.7 Å². The molecule has 2 heterocycles. The normalized spacial score (nSPS) is 11.4. The van der Waals surface area contributed by atoms with Crippen molar-refractivity contribution in [3.8, 4) is 17.2 Å². The summed E-state index contributed by atoms with van der Waals surface area (Å²) in [4.78, 5) is 8.55. The van der Waals surface area contributed by atoms with E-state index in [1.165, 1.54) is 0 Å². The molecule has 0 saturated heterocycles. The van der Waals surface area contributed by atoms with E-state index in [9.17, 15) is 8.42 Å². The molecule has 0 aliphatic heterocycles. The van der Waals surface area contributed by atoms with E-state index in [1.807, 2.05) is 17.7 Å². The Morgan fingerprint density at radius 3 is 2.50 bits per heavy atom. The van der Waals surface area contributed by atoms with Crippen molar-refractivity contribution in [2.45, 2.75) is 29.8 Å². The zero-order valence-corrected chi connectivity index (χ0v) is 18.7. The number of imidazole rings is 1. The molecule has 4 aromatic rings. The Balaban J connectivity index is 1.64. The van der Waals surface area contributed by atoms with E-state index in [1.54, 1.807) is 68.2 Å². The summed E-state index contributed by atoms with van der Waals surface area (Å²) in [6, 6.07) is 13.8. The molecule has 8 nitrogen and oxygen atoms in total.